The van der Waals surface area contributed by atoms with Gasteiger partial charge in [-0.3, -0.25) is 0 Å². The zero-order chi connectivity index (χ0) is 39.9. The fourth-order valence-electron chi connectivity index (χ4n) is 9.52. The van der Waals surface area contributed by atoms with E-state index in [0.717, 1.165) is 38.7 Å². The van der Waals surface area contributed by atoms with Gasteiger partial charge in [0.2, 0.25) is 0 Å². The van der Waals surface area contributed by atoms with Gasteiger partial charge in [0.15, 0.2) is 17.5 Å². The number of para-hydroxylation sites is 1. The van der Waals surface area contributed by atoms with Crippen molar-refractivity contribution >= 4 is 43.4 Å². The maximum atomic E-state index is 5.19. The Morgan fingerprint density at radius 3 is 1.51 bits per heavy atom. The van der Waals surface area contributed by atoms with Gasteiger partial charge in [-0.1, -0.05) is 155 Å². The summed E-state index contributed by atoms with van der Waals surface area (Å²) in [5, 5.41) is 7.31. The molecule has 284 valence electrons. The van der Waals surface area contributed by atoms with Crippen molar-refractivity contribution in [1.82, 2.24) is 19.5 Å². The van der Waals surface area contributed by atoms with Gasteiger partial charge in [-0.25, -0.2) is 15.0 Å². The highest BCUT2D eigenvalue weighted by Gasteiger charge is 2.38. The van der Waals surface area contributed by atoms with Gasteiger partial charge in [-0.2, -0.15) is 0 Å². The maximum absolute atomic E-state index is 5.19. The summed E-state index contributed by atoms with van der Waals surface area (Å²) >= 11 is 0. The van der Waals surface area contributed by atoms with Crippen LogP contribution < -0.4 is 0 Å². The molecule has 0 bridgehead atoms. The molecule has 4 nitrogen and oxygen atoms in total. The van der Waals surface area contributed by atoms with Gasteiger partial charge in [0.25, 0.3) is 0 Å². The van der Waals surface area contributed by atoms with Crippen LogP contribution >= 0.6 is 0 Å². The lowest BCUT2D eigenvalue weighted by Crippen LogP contribution is -2.33. The third-order valence-corrected chi connectivity index (χ3v) is 12.9. The first-order chi connectivity index (χ1) is 28.7. The normalized spacial score (nSPS) is 14.6. The molecule has 0 saturated carbocycles. The number of aromatic nitrogens is 4. The highest BCUT2D eigenvalue weighted by molar-refractivity contribution is 6.10. The van der Waals surface area contributed by atoms with Gasteiger partial charge in [0.05, 0.1) is 11.0 Å². The first-order valence-electron chi connectivity index (χ1n) is 20.7. The first-order valence-corrected chi connectivity index (χ1v) is 20.7. The van der Waals surface area contributed by atoms with Gasteiger partial charge < -0.3 is 4.57 Å². The summed E-state index contributed by atoms with van der Waals surface area (Å²) in [4.78, 5) is 15.5. The third kappa shape index (κ3) is 5.85. The van der Waals surface area contributed by atoms with Crippen LogP contribution in [0.3, 0.4) is 0 Å². The van der Waals surface area contributed by atoms with Crippen molar-refractivity contribution in [3.05, 3.63) is 181 Å². The molecule has 0 spiro atoms. The van der Waals surface area contributed by atoms with Crippen LogP contribution in [0.4, 0.5) is 0 Å². The van der Waals surface area contributed by atoms with Gasteiger partial charge >= 0.3 is 0 Å². The van der Waals surface area contributed by atoms with E-state index in [1.165, 1.54) is 62.1 Å². The largest absolute Gasteiger partial charge is 0.309 e. The molecule has 0 atom stereocenters. The number of hydrogen-bond donors (Lipinski definition) is 0. The maximum Gasteiger partial charge on any atom is 0.164 e. The zero-order valence-corrected chi connectivity index (χ0v) is 33.9. The van der Waals surface area contributed by atoms with E-state index in [0.29, 0.717) is 17.5 Å². The second kappa shape index (κ2) is 13.3. The molecule has 0 unspecified atom stereocenters. The zero-order valence-electron chi connectivity index (χ0n) is 33.9. The minimum Gasteiger partial charge on any atom is -0.309 e. The average Bonchev–Trinajstić information content (AvgIpc) is 3.61. The molecular formula is C55H44N4. The molecule has 8 aromatic carbocycles. The average molecular weight is 761 g/mol. The lowest BCUT2D eigenvalue weighted by Gasteiger charge is -2.42. The van der Waals surface area contributed by atoms with Crippen molar-refractivity contribution in [2.45, 2.75) is 51.4 Å². The Kier molecular flexibility index (Phi) is 7.96. The lowest BCUT2D eigenvalue weighted by atomic mass is 9.63. The van der Waals surface area contributed by atoms with Crippen LogP contribution in [0.1, 0.15) is 51.7 Å². The van der Waals surface area contributed by atoms with Gasteiger partial charge in [0.1, 0.15) is 0 Å². The van der Waals surface area contributed by atoms with Crippen molar-refractivity contribution in [3.8, 4) is 51.0 Å². The highest BCUT2D eigenvalue weighted by Crippen LogP contribution is 2.48. The van der Waals surface area contributed by atoms with Crippen molar-refractivity contribution in [3.63, 3.8) is 0 Å². The van der Waals surface area contributed by atoms with Crippen LogP contribution in [-0.2, 0) is 10.8 Å². The predicted octanol–water partition coefficient (Wildman–Crippen LogP) is 14.3. The number of hydrogen-bond acceptors (Lipinski definition) is 3. The van der Waals surface area contributed by atoms with Gasteiger partial charge in [0, 0.05) is 33.2 Å². The molecule has 1 aliphatic carbocycles. The van der Waals surface area contributed by atoms with E-state index in [9.17, 15) is 0 Å². The summed E-state index contributed by atoms with van der Waals surface area (Å²) in [5.74, 6) is 1.94. The summed E-state index contributed by atoms with van der Waals surface area (Å²) in [7, 11) is 0. The molecule has 4 heteroatoms. The van der Waals surface area contributed by atoms with Crippen molar-refractivity contribution in [2.24, 2.45) is 0 Å². The molecule has 0 fully saturated rings. The fourth-order valence-corrected chi connectivity index (χ4v) is 9.52. The van der Waals surface area contributed by atoms with Gasteiger partial charge in [-0.15, -0.1) is 0 Å². The monoisotopic (exact) mass is 760 g/mol. The van der Waals surface area contributed by atoms with E-state index in [1.54, 1.807) is 0 Å². The predicted molar refractivity (Wildman–Crippen MR) is 246 cm³/mol. The van der Waals surface area contributed by atoms with E-state index in [-0.39, 0.29) is 10.8 Å². The van der Waals surface area contributed by atoms with Crippen molar-refractivity contribution in [1.29, 1.82) is 0 Å². The minimum atomic E-state index is 0.110. The summed E-state index contributed by atoms with van der Waals surface area (Å²) in [5.41, 5.74) is 12.0. The van der Waals surface area contributed by atoms with E-state index >= 15 is 0 Å². The van der Waals surface area contributed by atoms with Crippen LogP contribution in [-0.4, -0.2) is 19.5 Å². The van der Waals surface area contributed by atoms with Crippen LogP contribution in [0, 0.1) is 0 Å². The number of fused-ring (bicyclic) bond motifs is 6. The Balaban J connectivity index is 1.04. The Morgan fingerprint density at radius 2 is 0.864 bits per heavy atom. The fraction of sp³-hybridized carbons (Fsp3) is 0.145. The minimum absolute atomic E-state index is 0.110. The Hall–Kier alpha value is -6.91. The molecule has 0 aliphatic heterocycles. The van der Waals surface area contributed by atoms with Crippen molar-refractivity contribution < 1.29 is 0 Å². The summed E-state index contributed by atoms with van der Waals surface area (Å²) in [6.45, 7) is 9.63. The Labute approximate surface area is 344 Å². The molecule has 1 aliphatic rings. The SMILES string of the molecule is CC1(C)CCC(C)(C)c2cc3c(cc21)c1ccccc1n3-c1ccc(-c2nc(-c3ccc(-c4cccc5ccccc45)cc3)nc(-c3cccc4ccccc34)n2)cc1. The quantitative estimate of drug-likeness (QED) is 0.175. The molecule has 11 rings (SSSR count). The third-order valence-electron chi connectivity index (χ3n) is 12.9. The Bertz CT molecular complexity index is 3250. The highest BCUT2D eigenvalue weighted by atomic mass is 15.0. The smallest absolute Gasteiger partial charge is 0.164 e. The van der Waals surface area contributed by atoms with Gasteiger partial charge in [-0.05, 0) is 110 Å². The molecule has 0 saturated heterocycles. The molecule has 0 amide bonds. The molecule has 2 heterocycles. The second-order valence-electron chi connectivity index (χ2n) is 17.5. The molecule has 0 N–H and O–H groups in total. The van der Waals surface area contributed by atoms with Crippen molar-refractivity contribution in [2.75, 3.05) is 0 Å². The summed E-state index contributed by atoms with van der Waals surface area (Å²) in [6, 6.07) is 61.0. The van der Waals surface area contributed by atoms with E-state index < -0.39 is 0 Å². The molecule has 2 aromatic heterocycles. The molecule has 0 radical (unpaired) electrons. The summed E-state index contributed by atoms with van der Waals surface area (Å²) in [6.07, 6.45) is 2.37. The molecule has 10 aromatic rings. The summed E-state index contributed by atoms with van der Waals surface area (Å²) < 4.78 is 2.43. The van der Waals surface area contributed by atoms with E-state index in [4.69, 9.17) is 15.0 Å². The first kappa shape index (κ1) is 35.3. The standard InChI is InChI=1S/C55H44N4/c1-54(2)31-32-55(3,4)48-34-50-46(33-47(48)54)44-19-9-10-22-49(44)59(50)40-29-27-39(28-30-40)52-56-51(57-53(58-52)45-21-12-16-36-14-6-8-18-43(36)45)38-25-23-37(24-26-38)42-20-11-15-35-13-5-7-17-41(35)42/h5-30,33-34H,31-32H2,1-4H3. The topological polar surface area (TPSA) is 43.6 Å². The van der Waals surface area contributed by atoms with E-state index in [2.05, 4.69) is 202 Å². The lowest BCUT2D eigenvalue weighted by molar-refractivity contribution is 0.332. The van der Waals surface area contributed by atoms with Crippen LogP contribution in [0.25, 0.3) is 94.3 Å². The molecule has 59 heavy (non-hydrogen) atoms. The second-order valence-corrected chi connectivity index (χ2v) is 17.5. The number of benzene rings is 8. The van der Waals surface area contributed by atoms with Crippen LogP contribution in [0.15, 0.2) is 170 Å². The van der Waals surface area contributed by atoms with E-state index in [1.807, 2.05) is 0 Å². The van der Waals surface area contributed by atoms with Crippen LogP contribution in [0.5, 0.6) is 0 Å². The number of rotatable bonds is 5. The Morgan fingerprint density at radius 1 is 0.390 bits per heavy atom. The van der Waals surface area contributed by atoms with Crippen LogP contribution in [0.2, 0.25) is 0 Å². The number of nitrogens with zero attached hydrogens (tertiary/aromatic N) is 4. The molecular weight excluding hydrogens is 717 g/mol.